The number of nitrogens with one attached hydrogen (secondary N) is 1. The number of rotatable bonds is 6. The number of benzene rings is 2. The van der Waals surface area contributed by atoms with Gasteiger partial charge in [-0.2, -0.15) is 0 Å². The lowest BCUT2D eigenvalue weighted by Crippen LogP contribution is -2.39. The summed E-state index contributed by atoms with van der Waals surface area (Å²) in [6.07, 6.45) is 1.29. The predicted molar refractivity (Wildman–Crippen MR) is 102 cm³/mol. The van der Waals surface area contributed by atoms with Crippen molar-refractivity contribution in [1.82, 2.24) is 0 Å². The summed E-state index contributed by atoms with van der Waals surface area (Å²) < 4.78 is 0. The minimum Gasteiger partial charge on any atom is -0.366 e. The SMILES string of the molecule is CCC(CC)(C(=O)Nc1ccc(C)c(C(N)=O)c1)c1ccc(Cl)cc1. The second kappa shape index (κ2) is 7.70. The van der Waals surface area contributed by atoms with Crippen LogP contribution >= 0.6 is 11.6 Å². The summed E-state index contributed by atoms with van der Waals surface area (Å²) >= 11 is 5.98. The molecule has 2 rings (SSSR count). The van der Waals surface area contributed by atoms with Gasteiger partial charge in [-0.15, -0.1) is 0 Å². The molecular weight excluding hydrogens is 336 g/mol. The number of aryl methyl sites for hydroxylation is 1. The lowest BCUT2D eigenvalue weighted by molar-refractivity contribution is -0.121. The highest BCUT2D eigenvalue weighted by Crippen LogP contribution is 2.34. The number of hydrogen-bond acceptors (Lipinski definition) is 2. The van der Waals surface area contributed by atoms with Crippen molar-refractivity contribution in [2.45, 2.75) is 39.0 Å². The Kier molecular flexibility index (Phi) is 5.85. The maximum Gasteiger partial charge on any atom is 0.249 e. The number of carbonyl (C=O) groups is 2. The topological polar surface area (TPSA) is 72.2 Å². The Morgan fingerprint density at radius 2 is 1.68 bits per heavy atom. The molecule has 0 bridgehead atoms. The molecule has 0 atom stereocenters. The van der Waals surface area contributed by atoms with E-state index in [2.05, 4.69) is 5.32 Å². The molecule has 25 heavy (non-hydrogen) atoms. The van der Waals surface area contributed by atoms with Crippen LogP contribution in [0.3, 0.4) is 0 Å². The highest BCUT2D eigenvalue weighted by atomic mass is 35.5. The minimum atomic E-state index is -0.664. The number of hydrogen-bond donors (Lipinski definition) is 2. The van der Waals surface area contributed by atoms with Crippen molar-refractivity contribution < 1.29 is 9.59 Å². The van der Waals surface area contributed by atoms with E-state index < -0.39 is 11.3 Å². The van der Waals surface area contributed by atoms with Crippen molar-refractivity contribution in [2.24, 2.45) is 5.73 Å². The van der Waals surface area contributed by atoms with Crippen LogP contribution in [0.1, 0.15) is 48.2 Å². The van der Waals surface area contributed by atoms with Gasteiger partial charge in [0.15, 0.2) is 0 Å². The van der Waals surface area contributed by atoms with Crippen LogP contribution in [-0.2, 0) is 10.2 Å². The van der Waals surface area contributed by atoms with Crippen LogP contribution in [0.4, 0.5) is 5.69 Å². The first-order valence-corrected chi connectivity index (χ1v) is 8.69. The molecule has 0 heterocycles. The summed E-state index contributed by atoms with van der Waals surface area (Å²) in [6, 6.07) is 12.5. The van der Waals surface area contributed by atoms with Crippen molar-refractivity contribution in [3.8, 4) is 0 Å². The monoisotopic (exact) mass is 358 g/mol. The molecule has 0 fully saturated rings. The zero-order valence-electron chi connectivity index (χ0n) is 14.7. The standard InChI is InChI=1S/C20H23ClN2O2/c1-4-20(5-2,14-7-9-15(21)10-8-14)19(25)23-16-11-6-13(3)17(12-16)18(22)24/h6-12H,4-5H2,1-3H3,(H2,22,24)(H,23,25). The first kappa shape index (κ1) is 19.0. The van der Waals surface area contributed by atoms with Crippen molar-refractivity contribution in [3.63, 3.8) is 0 Å². The Morgan fingerprint density at radius 1 is 1.08 bits per heavy atom. The van der Waals surface area contributed by atoms with Gasteiger partial charge in [-0.05, 0) is 55.2 Å². The van der Waals surface area contributed by atoms with E-state index in [1.54, 1.807) is 30.3 Å². The summed E-state index contributed by atoms with van der Waals surface area (Å²) in [5.41, 5.74) is 7.39. The van der Waals surface area contributed by atoms with E-state index in [4.69, 9.17) is 17.3 Å². The van der Waals surface area contributed by atoms with Crippen LogP contribution < -0.4 is 11.1 Å². The minimum absolute atomic E-state index is 0.112. The maximum absolute atomic E-state index is 13.1. The van der Waals surface area contributed by atoms with Gasteiger partial charge in [0.1, 0.15) is 0 Å². The molecule has 0 aliphatic carbocycles. The number of primary amides is 1. The van der Waals surface area contributed by atoms with E-state index in [1.165, 1.54) is 0 Å². The van der Waals surface area contributed by atoms with Crippen LogP contribution in [0.5, 0.6) is 0 Å². The van der Waals surface area contributed by atoms with Crippen LogP contribution in [-0.4, -0.2) is 11.8 Å². The lowest BCUT2D eigenvalue weighted by atomic mass is 9.75. The van der Waals surface area contributed by atoms with Gasteiger partial charge in [-0.25, -0.2) is 0 Å². The maximum atomic E-state index is 13.1. The fourth-order valence-corrected chi connectivity index (χ4v) is 3.22. The van der Waals surface area contributed by atoms with E-state index in [0.717, 1.165) is 11.1 Å². The Hall–Kier alpha value is -2.33. The summed E-state index contributed by atoms with van der Waals surface area (Å²) in [6.45, 7) is 5.78. The van der Waals surface area contributed by atoms with Gasteiger partial charge in [0.2, 0.25) is 11.8 Å². The second-order valence-corrected chi connectivity index (χ2v) is 6.58. The molecule has 0 saturated heterocycles. The largest absolute Gasteiger partial charge is 0.366 e. The molecule has 4 nitrogen and oxygen atoms in total. The Morgan fingerprint density at radius 3 is 2.20 bits per heavy atom. The molecule has 2 amide bonds. The van der Waals surface area contributed by atoms with Gasteiger partial charge in [0.05, 0.1) is 5.41 Å². The molecule has 0 aromatic heterocycles. The molecule has 2 aromatic carbocycles. The van der Waals surface area contributed by atoms with Crippen LogP contribution in [0, 0.1) is 6.92 Å². The lowest BCUT2D eigenvalue weighted by Gasteiger charge is -2.31. The third-order valence-electron chi connectivity index (χ3n) is 4.80. The van der Waals surface area contributed by atoms with Gasteiger partial charge >= 0.3 is 0 Å². The molecular formula is C20H23ClN2O2. The molecule has 132 valence electrons. The van der Waals surface area contributed by atoms with Crippen molar-refractivity contribution in [3.05, 3.63) is 64.2 Å². The first-order valence-electron chi connectivity index (χ1n) is 8.32. The van der Waals surface area contributed by atoms with E-state index in [-0.39, 0.29) is 5.91 Å². The average Bonchev–Trinajstić information content (AvgIpc) is 2.59. The van der Waals surface area contributed by atoms with Crippen LogP contribution in [0.25, 0.3) is 0 Å². The molecule has 0 spiro atoms. The average molecular weight is 359 g/mol. The third-order valence-corrected chi connectivity index (χ3v) is 5.05. The number of nitrogens with two attached hydrogens (primary N) is 1. The molecule has 3 N–H and O–H groups in total. The summed E-state index contributed by atoms with van der Waals surface area (Å²) in [5.74, 6) is -0.623. The van der Waals surface area contributed by atoms with E-state index in [9.17, 15) is 9.59 Å². The predicted octanol–water partition coefficient (Wildman–Crippen LogP) is 4.44. The number of amides is 2. The number of halogens is 1. The Balaban J connectivity index is 2.37. The fourth-order valence-electron chi connectivity index (χ4n) is 3.10. The zero-order valence-corrected chi connectivity index (χ0v) is 15.5. The molecule has 0 unspecified atom stereocenters. The normalized spacial score (nSPS) is 11.2. The number of carbonyl (C=O) groups excluding carboxylic acids is 2. The highest BCUT2D eigenvalue weighted by Gasteiger charge is 2.36. The zero-order chi connectivity index (χ0) is 18.6. The third kappa shape index (κ3) is 3.85. The highest BCUT2D eigenvalue weighted by molar-refractivity contribution is 6.30. The Bertz CT molecular complexity index is 781. The molecule has 0 aliphatic heterocycles. The van der Waals surface area contributed by atoms with Gasteiger partial charge in [-0.3, -0.25) is 9.59 Å². The van der Waals surface area contributed by atoms with E-state index in [0.29, 0.717) is 29.1 Å². The van der Waals surface area contributed by atoms with Gasteiger partial charge < -0.3 is 11.1 Å². The molecule has 0 aliphatic rings. The van der Waals surface area contributed by atoms with Gasteiger partial charge in [0.25, 0.3) is 0 Å². The second-order valence-electron chi connectivity index (χ2n) is 6.14. The quantitative estimate of drug-likeness (QED) is 0.801. The molecule has 2 aromatic rings. The molecule has 0 saturated carbocycles. The van der Waals surface area contributed by atoms with Crippen molar-refractivity contribution >= 4 is 29.1 Å². The van der Waals surface area contributed by atoms with Gasteiger partial charge in [-0.1, -0.05) is 43.6 Å². The van der Waals surface area contributed by atoms with Crippen LogP contribution in [0.15, 0.2) is 42.5 Å². The number of anilines is 1. The van der Waals surface area contributed by atoms with E-state index >= 15 is 0 Å². The first-order chi connectivity index (χ1) is 11.8. The summed E-state index contributed by atoms with van der Waals surface area (Å²) in [5, 5.41) is 3.57. The van der Waals surface area contributed by atoms with Crippen LogP contribution in [0.2, 0.25) is 5.02 Å². The fraction of sp³-hybridized carbons (Fsp3) is 0.300. The molecule has 5 heteroatoms. The smallest absolute Gasteiger partial charge is 0.249 e. The van der Waals surface area contributed by atoms with Crippen molar-refractivity contribution in [2.75, 3.05) is 5.32 Å². The molecule has 0 radical (unpaired) electrons. The van der Waals surface area contributed by atoms with Crippen molar-refractivity contribution in [1.29, 1.82) is 0 Å². The van der Waals surface area contributed by atoms with Gasteiger partial charge in [0, 0.05) is 16.3 Å². The summed E-state index contributed by atoms with van der Waals surface area (Å²) in [4.78, 5) is 24.6. The Labute approximate surface area is 153 Å². The van der Waals surface area contributed by atoms with E-state index in [1.807, 2.05) is 32.9 Å². The summed E-state index contributed by atoms with van der Waals surface area (Å²) in [7, 11) is 0.